The zero-order valence-electron chi connectivity index (χ0n) is 11.1. The largest absolute Gasteiger partial charge is 0.333 e. The van der Waals surface area contributed by atoms with Gasteiger partial charge in [-0.1, -0.05) is 18.5 Å². The number of aryl methyl sites for hydroxylation is 1. The third kappa shape index (κ3) is 2.37. The highest BCUT2D eigenvalue weighted by atomic mass is 35.5. The number of pyridine rings is 1. The molecular formula is C14H19ClN2O. The van der Waals surface area contributed by atoms with E-state index in [2.05, 4.69) is 18.8 Å². The van der Waals surface area contributed by atoms with Gasteiger partial charge < -0.3 is 4.90 Å². The van der Waals surface area contributed by atoms with Crippen molar-refractivity contribution in [2.75, 3.05) is 0 Å². The molecule has 1 aliphatic heterocycles. The molecular weight excluding hydrogens is 248 g/mol. The van der Waals surface area contributed by atoms with Crippen LogP contribution in [0.15, 0.2) is 12.3 Å². The van der Waals surface area contributed by atoms with E-state index in [-0.39, 0.29) is 5.91 Å². The molecule has 98 valence electrons. The van der Waals surface area contributed by atoms with Crippen molar-refractivity contribution >= 4 is 17.5 Å². The van der Waals surface area contributed by atoms with Gasteiger partial charge in [0.2, 0.25) is 0 Å². The zero-order valence-corrected chi connectivity index (χ0v) is 11.9. The first-order valence-electron chi connectivity index (χ1n) is 6.49. The summed E-state index contributed by atoms with van der Waals surface area (Å²) in [6.45, 7) is 6.09. The average molecular weight is 267 g/mol. The first-order valence-corrected chi connectivity index (χ1v) is 6.87. The maximum absolute atomic E-state index is 12.6. The van der Waals surface area contributed by atoms with E-state index in [0.29, 0.717) is 22.7 Å². The highest BCUT2D eigenvalue weighted by molar-refractivity contribution is 6.33. The van der Waals surface area contributed by atoms with E-state index in [0.717, 1.165) is 25.0 Å². The van der Waals surface area contributed by atoms with Crippen molar-refractivity contribution in [1.82, 2.24) is 9.88 Å². The maximum atomic E-state index is 12.6. The molecule has 0 N–H and O–H groups in total. The SMILES string of the molecule is CCC1CCC(C)N1C(=O)c1cnc(C)cc1Cl. The summed E-state index contributed by atoms with van der Waals surface area (Å²) >= 11 is 6.15. The van der Waals surface area contributed by atoms with Crippen LogP contribution in [0.2, 0.25) is 5.02 Å². The van der Waals surface area contributed by atoms with Crippen LogP contribution in [0.4, 0.5) is 0 Å². The number of hydrogen-bond donors (Lipinski definition) is 0. The number of halogens is 1. The molecule has 1 fully saturated rings. The van der Waals surface area contributed by atoms with Crippen LogP contribution in [0, 0.1) is 6.92 Å². The van der Waals surface area contributed by atoms with E-state index in [1.165, 1.54) is 0 Å². The number of hydrogen-bond acceptors (Lipinski definition) is 2. The third-order valence-electron chi connectivity index (χ3n) is 3.71. The molecule has 1 aromatic heterocycles. The normalized spacial score (nSPS) is 23.4. The van der Waals surface area contributed by atoms with E-state index in [1.807, 2.05) is 11.8 Å². The van der Waals surface area contributed by atoms with E-state index in [9.17, 15) is 4.79 Å². The molecule has 0 bridgehead atoms. The predicted molar refractivity (Wildman–Crippen MR) is 72.9 cm³/mol. The fourth-order valence-electron chi connectivity index (χ4n) is 2.66. The standard InChI is InChI=1S/C14H19ClN2O/c1-4-11-6-5-10(3)17(11)14(18)12-8-16-9(2)7-13(12)15/h7-8,10-11H,4-6H2,1-3H3. The van der Waals surface area contributed by atoms with Gasteiger partial charge in [0.25, 0.3) is 5.91 Å². The minimum Gasteiger partial charge on any atom is -0.333 e. The Bertz CT molecular complexity index is 461. The van der Waals surface area contributed by atoms with Crippen molar-refractivity contribution < 1.29 is 4.79 Å². The number of likely N-dealkylation sites (tertiary alicyclic amines) is 1. The van der Waals surface area contributed by atoms with Gasteiger partial charge in [-0.05, 0) is 39.2 Å². The summed E-state index contributed by atoms with van der Waals surface area (Å²) in [7, 11) is 0. The molecule has 2 atom stereocenters. The summed E-state index contributed by atoms with van der Waals surface area (Å²) in [5, 5.41) is 0.501. The van der Waals surface area contributed by atoms with Crippen molar-refractivity contribution in [2.45, 2.75) is 52.1 Å². The molecule has 1 saturated heterocycles. The quantitative estimate of drug-likeness (QED) is 0.821. The lowest BCUT2D eigenvalue weighted by Gasteiger charge is -2.28. The lowest BCUT2D eigenvalue weighted by molar-refractivity contribution is 0.0676. The van der Waals surface area contributed by atoms with Gasteiger partial charge in [-0.15, -0.1) is 0 Å². The average Bonchev–Trinajstić information content (AvgIpc) is 2.69. The second kappa shape index (κ2) is 5.27. The van der Waals surface area contributed by atoms with Gasteiger partial charge in [0.1, 0.15) is 0 Å². The molecule has 3 nitrogen and oxygen atoms in total. The Labute approximate surface area is 113 Å². The van der Waals surface area contributed by atoms with Gasteiger partial charge >= 0.3 is 0 Å². The fraction of sp³-hybridized carbons (Fsp3) is 0.571. The molecule has 2 unspecified atom stereocenters. The van der Waals surface area contributed by atoms with Gasteiger partial charge in [0.05, 0.1) is 10.6 Å². The van der Waals surface area contributed by atoms with Crippen molar-refractivity contribution in [3.8, 4) is 0 Å². The smallest absolute Gasteiger partial charge is 0.257 e. The molecule has 0 radical (unpaired) electrons. The van der Waals surface area contributed by atoms with Crippen molar-refractivity contribution in [3.05, 3.63) is 28.5 Å². The summed E-state index contributed by atoms with van der Waals surface area (Å²) in [5.74, 6) is 0.0179. The number of carbonyl (C=O) groups is 1. The van der Waals surface area contributed by atoms with Crippen LogP contribution in [-0.2, 0) is 0 Å². The van der Waals surface area contributed by atoms with Crippen LogP contribution in [0.3, 0.4) is 0 Å². The summed E-state index contributed by atoms with van der Waals surface area (Å²) in [4.78, 5) is 18.7. The Morgan fingerprint density at radius 2 is 2.28 bits per heavy atom. The van der Waals surface area contributed by atoms with Crippen LogP contribution in [-0.4, -0.2) is 27.9 Å². The first kappa shape index (κ1) is 13.3. The second-order valence-electron chi connectivity index (χ2n) is 5.01. The van der Waals surface area contributed by atoms with Gasteiger partial charge in [0.15, 0.2) is 0 Å². The molecule has 2 heterocycles. The monoisotopic (exact) mass is 266 g/mol. The highest BCUT2D eigenvalue weighted by Gasteiger charge is 2.34. The lowest BCUT2D eigenvalue weighted by Crippen LogP contribution is -2.39. The molecule has 0 aromatic carbocycles. The van der Waals surface area contributed by atoms with Crippen LogP contribution in [0.1, 0.15) is 49.2 Å². The van der Waals surface area contributed by atoms with E-state index >= 15 is 0 Å². The number of amides is 1. The van der Waals surface area contributed by atoms with E-state index in [4.69, 9.17) is 11.6 Å². The Morgan fingerprint density at radius 3 is 2.89 bits per heavy atom. The van der Waals surface area contributed by atoms with E-state index in [1.54, 1.807) is 12.3 Å². The molecule has 0 spiro atoms. The molecule has 1 aliphatic rings. The molecule has 1 amide bonds. The van der Waals surface area contributed by atoms with Crippen LogP contribution >= 0.6 is 11.6 Å². The Kier molecular flexibility index (Phi) is 3.91. The molecule has 4 heteroatoms. The number of rotatable bonds is 2. The second-order valence-corrected chi connectivity index (χ2v) is 5.41. The minimum atomic E-state index is 0.0179. The van der Waals surface area contributed by atoms with Crippen molar-refractivity contribution in [3.63, 3.8) is 0 Å². The first-order chi connectivity index (χ1) is 8.54. The summed E-state index contributed by atoms with van der Waals surface area (Å²) in [6, 6.07) is 2.38. The predicted octanol–water partition coefficient (Wildman–Crippen LogP) is 3.45. The van der Waals surface area contributed by atoms with Crippen LogP contribution in [0.5, 0.6) is 0 Å². The van der Waals surface area contributed by atoms with Gasteiger partial charge in [-0.2, -0.15) is 0 Å². The number of carbonyl (C=O) groups excluding carboxylic acids is 1. The summed E-state index contributed by atoms with van der Waals surface area (Å²) < 4.78 is 0. The van der Waals surface area contributed by atoms with Crippen LogP contribution in [0.25, 0.3) is 0 Å². The molecule has 1 aromatic rings. The maximum Gasteiger partial charge on any atom is 0.257 e. The third-order valence-corrected chi connectivity index (χ3v) is 4.02. The van der Waals surface area contributed by atoms with Gasteiger partial charge in [-0.25, -0.2) is 0 Å². The summed E-state index contributed by atoms with van der Waals surface area (Å²) in [6.07, 6.45) is 4.74. The van der Waals surface area contributed by atoms with Crippen LogP contribution < -0.4 is 0 Å². The molecule has 18 heavy (non-hydrogen) atoms. The van der Waals surface area contributed by atoms with Gasteiger partial charge in [0, 0.05) is 24.0 Å². The number of nitrogens with zero attached hydrogens (tertiary/aromatic N) is 2. The molecule has 0 aliphatic carbocycles. The Balaban J connectivity index is 2.30. The minimum absolute atomic E-state index is 0.0179. The van der Waals surface area contributed by atoms with Gasteiger partial charge in [-0.3, -0.25) is 9.78 Å². The fourth-order valence-corrected chi connectivity index (χ4v) is 2.95. The Hall–Kier alpha value is -1.09. The Morgan fingerprint density at radius 1 is 1.56 bits per heavy atom. The van der Waals surface area contributed by atoms with Crippen molar-refractivity contribution in [2.24, 2.45) is 0 Å². The lowest BCUT2D eigenvalue weighted by atomic mass is 10.1. The zero-order chi connectivity index (χ0) is 13.3. The number of aromatic nitrogens is 1. The molecule has 0 saturated carbocycles. The topological polar surface area (TPSA) is 33.2 Å². The van der Waals surface area contributed by atoms with E-state index < -0.39 is 0 Å². The molecule has 2 rings (SSSR count). The summed E-state index contributed by atoms with van der Waals surface area (Å²) in [5.41, 5.74) is 1.35. The van der Waals surface area contributed by atoms with Crippen molar-refractivity contribution in [1.29, 1.82) is 0 Å². The highest BCUT2D eigenvalue weighted by Crippen LogP contribution is 2.29.